The number of rotatable bonds is 3. The molecule has 5 nitrogen and oxygen atoms in total. The molecule has 0 saturated carbocycles. The van der Waals surface area contributed by atoms with Crippen LogP contribution in [0, 0.1) is 0 Å². The van der Waals surface area contributed by atoms with Crippen molar-refractivity contribution in [3.8, 4) is 0 Å². The number of nitrogens with one attached hydrogen (secondary N) is 1. The molecule has 0 atom stereocenters. The molecular formula is C16H19N3O2. The summed E-state index contributed by atoms with van der Waals surface area (Å²) in [4.78, 5) is 12.3. The Balaban J connectivity index is 2.70. The fraction of sp³-hybridized carbons (Fsp3) is 0.250. The first-order chi connectivity index (χ1) is 10.2. The van der Waals surface area contributed by atoms with E-state index in [0.29, 0.717) is 12.1 Å². The Kier molecular flexibility index (Phi) is 4.42. The molecule has 1 aromatic carbocycles. The van der Waals surface area contributed by atoms with Crippen molar-refractivity contribution in [3.05, 3.63) is 47.2 Å². The zero-order valence-corrected chi connectivity index (χ0v) is 12.4. The van der Waals surface area contributed by atoms with Gasteiger partial charge < -0.3 is 10.4 Å². The lowest BCUT2D eigenvalue weighted by Crippen LogP contribution is -2.35. The summed E-state index contributed by atoms with van der Waals surface area (Å²) in [5.41, 5.74) is 2.38. The van der Waals surface area contributed by atoms with Gasteiger partial charge in [0.25, 0.3) is 5.91 Å². The Bertz CT molecular complexity index is 645. The normalized spacial score (nSPS) is 16.5. The molecule has 1 aromatic rings. The highest BCUT2D eigenvalue weighted by atomic mass is 16.3. The van der Waals surface area contributed by atoms with Crippen LogP contribution in [0.2, 0.25) is 0 Å². The second-order valence-electron chi connectivity index (χ2n) is 4.46. The molecule has 0 spiro atoms. The van der Waals surface area contributed by atoms with Gasteiger partial charge >= 0.3 is 0 Å². The number of hydrogen-bond donors (Lipinski definition) is 2. The molecule has 1 heterocycles. The van der Waals surface area contributed by atoms with E-state index in [-0.39, 0.29) is 17.4 Å². The summed E-state index contributed by atoms with van der Waals surface area (Å²) in [7, 11) is 0. The third-order valence-electron chi connectivity index (χ3n) is 3.18. The van der Waals surface area contributed by atoms with Crippen molar-refractivity contribution >= 4 is 23.6 Å². The van der Waals surface area contributed by atoms with Gasteiger partial charge in [-0.1, -0.05) is 30.3 Å². The molecule has 1 aliphatic heterocycles. The zero-order valence-electron chi connectivity index (χ0n) is 12.4. The van der Waals surface area contributed by atoms with Crippen LogP contribution in [0.25, 0.3) is 11.5 Å². The van der Waals surface area contributed by atoms with E-state index in [2.05, 4.69) is 10.4 Å². The average Bonchev–Trinajstić information content (AvgIpc) is 2.48. The maximum atomic E-state index is 12.3. The first kappa shape index (κ1) is 14.8. The van der Waals surface area contributed by atoms with E-state index in [9.17, 15) is 9.90 Å². The largest absolute Gasteiger partial charge is 0.505 e. The SMILES string of the molecule is C/C=N\N1C(C(=O)NCC)=C(O)c2ccccc2/C1=C\C. The number of carbonyl (C=O) groups excluding carboxylic acids is 1. The molecule has 0 aliphatic carbocycles. The summed E-state index contributed by atoms with van der Waals surface area (Å²) in [6, 6.07) is 7.41. The number of benzene rings is 1. The number of aliphatic hydroxyl groups is 1. The lowest BCUT2D eigenvalue weighted by molar-refractivity contribution is -0.118. The van der Waals surface area contributed by atoms with Crippen LogP contribution in [0.4, 0.5) is 0 Å². The van der Waals surface area contributed by atoms with Crippen LogP contribution in [0.5, 0.6) is 0 Å². The van der Waals surface area contributed by atoms with E-state index in [1.54, 1.807) is 19.2 Å². The van der Waals surface area contributed by atoms with Crippen molar-refractivity contribution in [2.24, 2.45) is 5.10 Å². The van der Waals surface area contributed by atoms with E-state index in [1.165, 1.54) is 5.01 Å². The van der Waals surface area contributed by atoms with Crippen molar-refractivity contribution in [1.82, 2.24) is 10.3 Å². The third-order valence-corrected chi connectivity index (χ3v) is 3.18. The summed E-state index contributed by atoms with van der Waals surface area (Å²) in [5, 5.41) is 18.9. The molecule has 0 bridgehead atoms. The Morgan fingerprint density at radius 1 is 1.33 bits per heavy atom. The smallest absolute Gasteiger partial charge is 0.273 e. The number of carbonyl (C=O) groups is 1. The molecule has 5 heteroatoms. The number of aliphatic hydroxyl groups excluding tert-OH is 1. The molecule has 2 N–H and O–H groups in total. The van der Waals surface area contributed by atoms with Crippen LogP contribution < -0.4 is 5.32 Å². The van der Waals surface area contributed by atoms with Crippen LogP contribution >= 0.6 is 0 Å². The van der Waals surface area contributed by atoms with E-state index in [0.717, 1.165) is 11.3 Å². The van der Waals surface area contributed by atoms with E-state index >= 15 is 0 Å². The quantitative estimate of drug-likeness (QED) is 0.839. The second-order valence-corrected chi connectivity index (χ2v) is 4.46. The lowest BCUT2D eigenvalue weighted by atomic mass is 9.97. The standard InChI is InChI=1S/C16H19N3O2/c1-4-13-11-9-7-8-10-12(11)15(20)14(16(21)17-5-2)19(13)18-6-3/h4,6-10,20H,5H2,1-3H3,(H,17,21)/b13-4+,18-6-. The van der Waals surface area contributed by atoms with Gasteiger partial charge in [-0.15, -0.1) is 0 Å². The number of hydrazone groups is 1. The van der Waals surface area contributed by atoms with Gasteiger partial charge in [0.2, 0.25) is 0 Å². The van der Waals surface area contributed by atoms with Crippen LogP contribution in [-0.2, 0) is 4.79 Å². The molecule has 0 fully saturated rings. The zero-order chi connectivity index (χ0) is 15.4. The highest BCUT2D eigenvalue weighted by Gasteiger charge is 2.32. The Morgan fingerprint density at radius 2 is 2.00 bits per heavy atom. The summed E-state index contributed by atoms with van der Waals surface area (Å²) in [5.74, 6) is -0.415. The van der Waals surface area contributed by atoms with Crippen LogP contribution in [0.1, 0.15) is 31.9 Å². The molecule has 0 radical (unpaired) electrons. The molecule has 1 amide bonds. The minimum atomic E-state index is -0.352. The Hall–Kier alpha value is -2.56. The third kappa shape index (κ3) is 2.54. The number of allylic oxidation sites excluding steroid dienone is 1. The summed E-state index contributed by atoms with van der Waals surface area (Å²) in [6.07, 6.45) is 3.46. The molecule has 21 heavy (non-hydrogen) atoms. The molecule has 0 unspecified atom stereocenters. The summed E-state index contributed by atoms with van der Waals surface area (Å²) < 4.78 is 0. The van der Waals surface area contributed by atoms with Crippen molar-refractivity contribution < 1.29 is 9.90 Å². The topological polar surface area (TPSA) is 64.9 Å². The van der Waals surface area contributed by atoms with Crippen molar-refractivity contribution in [2.45, 2.75) is 20.8 Å². The molecular weight excluding hydrogens is 266 g/mol. The van der Waals surface area contributed by atoms with Crippen molar-refractivity contribution in [1.29, 1.82) is 0 Å². The molecule has 1 aliphatic rings. The molecule has 2 rings (SSSR count). The van der Waals surface area contributed by atoms with Gasteiger partial charge in [0.15, 0.2) is 11.5 Å². The van der Waals surface area contributed by atoms with Gasteiger partial charge in [-0.05, 0) is 20.8 Å². The predicted octanol–water partition coefficient (Wildman–Crippen LogP) is 2.73. The van der Waals surface area contributed by atoms with Crippen LogP contribution in [-0.4, -0.2) is 28.8 Å². The van der Waals surface area contributed by atoms with Gasteiger partial charge in [-0.2, -0.15) is 5.10 Å². The summed E-state index contributed by atoms with van der Waals surface area (Å²) >= 11 is 0. The second kappa shape index (κ2) is 6.26. The van der Waals surface area contributed by atoms with Gasteiger partial charge in [-0.3, -0.25) is 4.79 Å². The fourth-order valence-electron chi connectivity index (χ4n) is 2.34. The van der Waals surface area contributed by atoms with Gasteiger partial charge in [-0.25, -0.2) is 5.01 Å². The molecule has 110 valence electrons. The number of amides is 1. The van der Waals surface area contributed by atoms with Gasteiger partial charge in [0.1, 0.15) is 0 Å². The monoisotopic (exact) mass is 285 g/mol. The average molecular weight is 285 g/mol. The maximum absolute atomic E-state index is 12.3. The first-order valence-corrected chi connectivity index (χ1v) is 6.91. The lowest BCUT2D eigenvalue weighted by Gasteiger charge is -2.30. The summed E-state index contributed by atoms with van der Waals surface area (Å²) in [6.45, 7) is 5.95. The van der Waals surface area contributed by atoms with E-state index in [4.69, 9.17) is 0 Å². The number of fused-ring (bicyclic) bond motifs is 1. The van der Waals surface area contributed by atoms with Crippen molar-refractivity contribution in [3.63, 3.8) is 0 Å². The van der Waals surface area contributed by atoms with E-state index < -0.39 is 0 Å². The Labute approximate surface area is 124 Å². The van der Waals surface area contributed by atoms with Crippen LogP contribution in [0.15, 0.2) is 41.1 Å². The Morgan fingerprint density at radius 3 is 2.57 bits per heavy atom. The molecule has 0 aromatic heterocycles. The number of likely N-dealkylation sites (N-methyl/N-ethyl adjacent to an activating group) is 1. The minimum Gasteiger partial charge on any atom is -0.505 e. The number of hydrogen-bond acceptors (Lipinski definition) is 4. The molecule has 0 saturated heterocycles. The van der Waals surface area contributed by atoms with E-state index in [1.807, 2.05) is 38.1 Å². The fourth-order valence-corrected chi connectivity index (χ4v) is 2.34. The highest BCUT2D eigenvalue weighted by Crippen LogP contribution is 2.37. The van der Waals surface area contributed by atoms with Gasteiger partial charge in [0, 0.05) is 23.9 Å². The highest BCUT2D eigenvalue weighted by molar-refractivity contribution is 6.03. The number of nitrogens with zero attached hydrogens (tertiary/aromatic N) is 2. The van der Waals surface area contributed by atoms with Gasteiger partial charge in [0.05, 0.1) is 5.70 Å². The van der Waals surface area contributed by atoms with Crippen molar-refractivity contribution in [2.75, 3.05) is 6.54 Å². The maximum Gasteiger partial charge on any atom is 0.273 e. The predicted molar refractivity (Wildman–Crippen MR) is 84.3 cm³/mol. The minimum absolute atomic E-state index is 0.0623. The van der Waals surface area contributed by atoms with Crippen LogP contribution in [0.3, 0.4) is 0 Å². The first-order valence-electron chi connectivity index (χ1n) is 6.91.